The van der Waals surface area contributed by atoms with E-state index in [9.17, 15) is 4.79 Å². The number of carbonyl (C=O) groups is 1. The predicted octanol–water partition coefficient (Wildman–Crippen LogP) is 3.52. The fraction of sp³-hybridized carbons (Fsp3) is 0.438. The van der Waals surface area contributed by atoms with Crippen LogP contribution in [0.2, 0.25) is 0 Å². The van der Waals surface area contributed by atoms with Gasteiger partial charge in [0.05, 0.1) is 6.42 Å². The molecule has 208 valence electrons. The van der Waals surface area contributed by atoms with Crippen molar-refractivity contribution < 1.29 is 4.79 Å². The Labute approximate surface area is 233 Å². The Bertz CT molecular complexity index is 1300. The van der Waals surface area contributed by atoms with E-state index in [2.05, 4.69) is 84.1 Å². The average Bonchev–Trinajstić information content (AvgIpc) is 2.89. The van der Waals surface area contributed by atoms with Crippen molar-refractivity contribution in [1.82, 2.24) is 9.80 Å². The lowest BCUT2D eigenvalue weighted by molar-refractivity contribution is -0.136. The molecule has 7 nitrogen and oxygen atoms in total. The van der Waals surface area contributed by atoms with Crippen LogP contribution in [0.1, 0.15) is 42.0 Å². The molecule has 6 N–H and O–H groups in total. The Morgan fingerprint density at radius 3 is 2.54 bits per heavy atom. The normalized spacial score (nSPS) is 18.7. The molecule has 0 aromatic heterocycles. The van der Waals surface area contributed by atoms with Crippen LogP contribution in [0.4, 0.5) is 0 Å². The number of hydrogen-bond donors (Lipinski definition) is 3. The fourth-order valence-electron chi connectivity index (χ4n) is 5.84. The largest absolute Gasteiger partial charge is 0.370 e. The zero-order chi connectivity index (χ0) is 27.9. The second kappa shape index (κ2) is 13.1. The van der Waals surface area contributed by atoms with Gasteiger partial charge in [0.1, 0.15) is 0 Å². The number of guanidine groups is 1. The maximum Gasteiger partial charge on any atom is 0.227 e. The third-order valence-electron chi connectivity index (χ3n) is 7.88. The molecule has 3 atom stereocenters. The molecule has 3 unspecified atom stereocenters. The van der Waals surface area contributed by atoms with Crippen molar-refractivity contribution in [3.8, 4) is 0 Å². The average molecular weight is 529 g/mol. The standard InChI is InChI=1S/C32H44N6O/c1-22-10-12-27(23(2)15-22)18-29(33)20-37-19-24(3)38(21-30(37)9-6-14-36-32(34)35)31(39)17-25-11-13-26-7-4-5-8-28(26)16-25/h4-5,7-8,10-13,15-16,24,29-30H,6,9,14,17-21,33H2,1-3H3,(H4,34,35,36). The molecule has 0 bridgehead atoms. The molecule has 1 saturated heterocycles. The first kappa shape index (κ1) is 28.6. The third kappa shape index (κ3) is 7.80. The van der Waals surface area contributed by atoms with Crippen LogP contribution in [0.25, 0.3) is 10.8 Å². The summed E-state index contributed by atoms with van der Waals surface area (Å²) >= 11 is 0. The van der Waals surface area contributed by atoms with E-state index >= 15 is 0 Å². The Balaban J connectivity index is 1.44. The zero-order valence-corrected chi connectivity index (χ0v) is 23.6. The van der Waals surface area contributed by atoms with Crippen molar-refractivity contribution >= 4 is 22.6 Å². The van der Waals surface area contributed by atoms with Crippen molar-refractivity contribution in [3.63, 3.8) is 0 Å². The summed E-state index contributed by atoms with van der Waals surface area (Å²) in [5.41, 5.74) is 22.7. The molecule has 7 heteroatoms. The van der Waals surface area contributed by atoms with Crippen LogP contribution in [-0.2, 0) is 17.6 Å². The van der Waals surface area contributed by atoms with E-state index in [4.69, 9.17) is 17.2 Å². The van der Waals surface area contributed by atoms with Gasteiger partial charge in [-0.25, -0.2) is 0 Å². The van der Waals surface area contributed by atoms with Crippen molar-refractivity contribution in [2.24, 2.45) is 22.2 Å². The van der Waals surface area contributed by atoms with Gasteiger partial charge in [-0.05, 0) is 67.5 Å². The van der Waals surface area contributed by atoms with Gasteiger partial charge >= 0.3 is 0 Å². The van der Waals surface area contributed by atoms with Crippen LogP contribution >= 0.6 is 0 Å². The molecule has 4 rings (SSSR count). The summed E-state index contributed by atoms with van der Waals surface area (Å²) in [6.45, 7) is 9.29. The van der Waals surface area contributed by atoms with Crippen LogP contribution < -0.4 is 17.2 Å². The Morgan fingerprint density at radius 1 is 1.03 bits per heavy atom. The molecule has 0 radical (unpaired) electrons. The van der Waals surface area contributed by atoms with E-state index in [0.717, 1.165) is 43.3 Å². The molecule has 1 fully saturated rings. The lowest BCUT2D eigenvalue weighted by Crippen LogP contribution is -2.61. The quantitative estimate of drug-likeness (QED) is 0.212. The highest BCUT2D eigenvalue weighted by Crippen LogP contribution is 2.23. The number of benzene rings is 3. The number of hydrogen-bond acceptors (Lipinski definition) is 4. The van der Waals surface area contributed by atoms with E-state index in [1.54, 1.807) is 0 Å². The fourth-order valence-corrected chi connectivity index (χ4v) is 5.84. The number of aliphatic imine (C=N–C) groups is 1. The van der Waals surface area contributed by atoms with E-state index in [1.807, 2.05) is 12.1 Å². The lowest BCUT2D eigenvalue weighted by atomic mass is 9.97. The molecular formula is C32H44N6O. The Kier molecular flexibility index (Phi) is 9.59. The van der Waals surface area contributed by atoms with E-state index in [1.165, 1.54) is 22.1 Å². The van der Waals surface area contributed by atoms with Crippen LogP contribution in [0.15, 0.2) is 65.7 Å². The molecule has 1 heterocycles. The number of rotatable bonds is 10. The van der Waals surface area contributed by atoms with Gasteiger partial charge in [0.25, 0.3) is 0 Å². The number of nitrogens with zero attached hydrogens (tertiary/aromatic N) is 3. The molecule has 0 spiro atoms. The molecule has 0 saturated carbocycles. The molecule has 3 aromatic rings. The monoisotopic (exact) mass is 528 g/mol. The summed E-state index contributed by atoms with van der Waals surface area (Å²) < 4.78 is 0. The number of piperazine rings is 1. The van der Waals surface area contributed by atoms with Gasteiger partial charge in [0.2, 0.25) is 5.91 Å². The van der Waals surface area contributed by atoms with Crippen molar-refractivity contribution in [3.05, 3.63) is 82.9 Å². The van der Waals surface area contributed by atoms with E-state index in [0.29, 0.717) is 19.5 Å². The van der Waals surface area contributed by atoms with E-state index in [-0.39, 0.29) is 30.0 Å². The summed E-state index contributed by atoms with van der Waals surface area (Å²) in [6.07, 6.45) is 3.00. The minimum atomic E-state index is 0.0127. The van der Waals surface area contributed by atoms with Crippen LogP contribution in [0.3, 0.4) is 0 Å². The van der Waals surface area contributed by atoms with Crippen molar-refractivity contribution in [1.29, 1.82) is 0 Å². The molecule has 0 aliphatic carbocycles. The van der Waals surface area contributed by atoms with Gasteiger partial charge in [-0.1, -0.05) is 66.2 Å². The molecule has 1 amide bonds. The summed E-state index contributed by atoms with van der Waals surface area (Å²) in [4.78, 5) is 22.2. The summed E-state index contributed by atoms with van der Waals surface area (Å²) in [7, 11) is 0. The number of amides is 1. The Morgan fingerprint density at radius 2 is 1.79 bits per heavy atom. The number of nitrogens with two attached hydrogens (primary N) is 3. The molecule has 3 aromatic carbocycles. The summed E-state index contributed by atoms with van der Waals surface area (Å²) in [5, 5.41) is 2.35. The summed E-state index contributed by atoms with van der Waals surface area (Å²) in [6, 6.07) is 21.5. The minimum Gasteiger partial charge on any atom is -0.370 e. The predicted molar refractivity (Wildman–Crippen MR) is 162 cm³/mol. The van der Waals surface area contributed by atoms with Crippen molar-refractivity contribution in [2.45, 2.75) is 64.6 Å². The molecule has 1 aliphatic heterocycles. The topological polar surface area (TPSA) is 114 Å². The highest BCUT2D eigenvalue weighted by molar-refractivity contribution is 5.85. The number of aryl methyl sites for hydroxylation is 2. The van der Waals surface area contributed by atoms with Crippen LogP contribution in [0, 0.1) is 13.8 Å². The SMILES string of the molecule is Cc1ccc(CC(N)CN2CC(C)N(C(=O)Cc3ccc4ccccc4c3)CC2CCCN=C(N)N)c(C)c1. The van der Waals surface area contributed by atoms with Gasteiger partial charge < -0.3 is 22.1 Å². The summed E-state index contributed by atoms with van der Waals surface area (Å²) in [5.74, 6) is 0.290. The lowest BCUT2D eigenvalue weighted by Gasteiger charge is -2.46. The minimum absolute atomic E-state index is 0.0127. The Hall–Kier alpha value is -3.42. The van der Waals surface area contributed by atoms with Crippen LogP contribution in [-0.4, -0.2) is 66.0 Å². The zero-order valence-electron chi connectivity index (χ0n) is 23.6. The van der Waals surface area contributed by atoms with Gasteiger partial charge in [0, 0.05) is 44.3 Å². The first-order valence-electron chi connectivity index (χ1n) is 14.1. The number of fused-ring (bicyclic) bond motifs is 1. The number of carbonyl (C=O) groups excluding carboxylic acids is 1. The second-order valence-corrected chi connectivity index (χ2v) is 11.2. The maximum atomic E-state index is 13.5. The van der Waals surface area contributed by atoms with Gasteiger partial charge in [-0.3, -0.25) is 14.7 Å². The maximum absolute atomic E-state index is 13.5. The van der Waals surface area contributed by atoms with E-state index < -0.39 is 0 Å². The molecular weight excluding hydrogens is 484 g/mol. The highest BCUT2D eigenvalue weighted by Gasteiger charge is 2.34. The van der Waals surface area contributed by atoms with Gasteiger partial charge in [-0.2, -0.15) is 0 Å². The molecule has 39 heavy (non-hydrogen) atoms. The third-order valence-corrected chi connectivity index (χ3v) is 7.88. The highest BCUT2D eigenvalue weighted by atomic mass is 16.2. The van der Waals surface area contributed by atoms with Gasteiger partial charge in [0.15, 0.2) is 5.96 Å². The first-order valence-corrected chi connectivity index (χ1v) is 14.1. The first-order chi connectivity index (χ1) is 18.7. The smallest absolute Gasteiger partial charge is 0.227 e. The second-order valence-electron chi connectivity index (χ2n) is 11.2. The molecule has 1 aliphatic rings. The van der Waals surface area contributed by atoms with Crippen molar-refractivity contribution in [2.75, 3.05) is 26.2 Å². The van der Waals surface area contributed by atoms with Crippen LogP contribution in [0.5, 0.6) is 0 Å². The van der Waals surface area contributed by atoms with Gasteiger partial charge in [-0.15, -0.1) is 0 Å².